The Labute approximate surface area is 115 Å². The van der Waals surface area contributed by atoms with Crippen molar-refractivity contribution in [3.05, 3.63) is 34.5 Å². The lowest BCUT2D eigenvalue weighted by molar-refractivity contribution is 0.583. The van der Waals surface area contributed by atoms with E-state index in [-0.39, 0.29) is 0 Å². The van der Waals surface area contributed by atoms with E-state index in [1.165, 1.54) is 0 Å². The van der Waals surface area contributed by atoms with Crippen molar-refractivity contribution >= 4 is 15.9 Å². The average Bonchev–Trinajstić information content (AvgIpc) is 2.74. The Morgan fingerprint density at radius 1 is 1.39 bits per heavy atom. The summed E-state index contributed by atoms with van der Waals surface area (Å²) in [5.74, 6) is 1.56. The summed E-state index contributed by atoms with van der Waals surface area (Å²) in [6.45, 7) is 6.82. The predicted octanol–water partition coefficient (Wildman–Crippen LogP) is 2.23. The summed E-state index contributed by atoms with van der Waals surface area (Å²) in [6, 6.07) is 0.420. The molecule has 18 heavy (non-hydrogen) atoms. The van der Waals surface area contributed by atoms with Gasteiger partial charge in [-0.1, -0.05) is 13.8 Å². The molecular formula is C12H16BrN5. The molecule has 0 atom stereocenters. The maximum Gasteiger partial charge on any atom is 0.161 e. The highest BCUT2D eigenvalue weighted by Crippen LogP contribution is 2.14. The Morgan fingerprint density at radius 3 is 2.78 bits per heavy atom. The zero-order chi connectivity index (χ0) is 13.1. The minimum Gasteiger partial charge on any atom is -0.310 e. The van der Waals surface area contributed by atoms with Crippen LogP contribution >= 0.6 is 15.9 Å². The molecule has 0 radical (unpaired) electrons. The van der Waals surface area contributed by atoms with Gasteiger partial charge in [-0.2, -0.15) is 5.10 Å². The average molecular weight is 310 g/mol. The zero-order valence-corrected chi connectivity index (χ0v) is 12.3. The molecule has 0 bridgehead atoms. The third-order valence-electron chi connectivity index (χ3n) is 2.43. The van der Waals surface area contributed by atoms with Crippen molar-refractivity contribution in [2.75, 3.05) is 0 Å². The molecular weight excluding hydrogens is 294 g/mol. The van der Waals surface area contributed by atoms with Crippen LogP contribution in [0.15, 0.2) is 23.1 Å². The van der Waals surface area contributed by atoms with Crippen LogP contribution in [-0.2, 0) is 6.54 Å². The fourth-order valence-electron chi connectivity index (χ4n) is 1.54. The van der Waals surface area contributed by atoms with E-state index in [1.807, 2.05) is 19.3 Å². The van der Waals surface area contributed by atoms with Gasteiger partial charge in [-0.25, -0.2) is 14.6 Å². The first-order valence-corrected chi connectivity index (χ1v) is 6.62. The summed E-state index contributed by atoms with van der Waals surface area (Å²) < 4.78 is 2.69. The van der Waals surface area contributed by atoms with E-state index in [2.05, 4.69) is 50.2 Å². The maximum absolute atomic E-state index is 4.46. The van der Waals surface area contributed by atoms with Gasteiger partial charge in [0, 0.05) is 30.5 Å². The minimum atomic E-state index is 0.420. The standard InChI is InChI=1S/C12H16BrN5/c1-8(2)14-4-10-5-15-9(3)17-12(10)18-7-11(13)6-16-18/h5-8,14H,4H2,1-3H3. The first kappa shape index (κ1) is 13.2. The zero-order valence-electron chi connectivity index (χ0n) is 10.7. The number of hydrogen-bond acceptors (Lipinski definition) is 4. The SMILES string of the molecule is Cc1ncc(CNC(C)C)c(-n2cc(Br)cn2)n1. The van der Waals surface area contributed by atoms with Crippen molar-refractivity contribution in [1.82, 2.24) is 25.1 Å². The molecule has 2 aromatic rings. The molecule has 0 unspecified atom stereocenters. The van der Waals surface area contributed by atoms with Crippen molar-refractivity contribution in [1.29, 1.82) is 0 Å². The molecule has 0 saturated heterocycles. The third-order valence-corrected chi connectivity index (χ3v) is 2.84. The van der Waals surface area contributed by atoms with Gasteiger partial charge in [-0.15, -0.1) is 0 Å². The summed E-state index contributed by atoms with van der Waals surface area (Å²) in [4.78, 5) is 8.71. The van der Waals surface area contributed by atoms with Gasteiger partial charge in [0.05, 0.1) is 10.7 Å². The van der Waals surface area contributed by atoms with Crippen molar-refractivity contribution in [3.8, 4) is 5.82 Å². The molecule has 0 saturated carbocycles. The number of hydrogen-bond donors (Lipinski definition) is 1. The van der Waals surface area contributed by atoms with E-state index in [1.54, 1.807) is 10.9 Å². The topological polar surface area (TPSA) is 55.6 Å². The lowest BCUT2D eigenvalue weighted by atomic mass is 10.2. The van der Waals surface area contributed by atoms with E-state index in [4.69, 9.17) is 0 Å². The molecule has 2 aromatic heterocycles. The molecule has 0 spiro atoms. The number of aromatic nitrogens is 4. The van der Waals surface area contributed by atoms with Crippen molar-refractivity contribution in [3.63, 3.8) is 0 Å². The van der Waals surface area contributed by atoms with Gasteiger partial charge in [-0.3, -0.25) is 0 Å². The Balaban J connectivity index is 2.34. The normalized spacial score (nSPS) is 11.2. The van der Waals surface area contributed by atoms with Gasteiger partial charge in [0.15, 0.2) is 5.82 Å². The lowest BCUT2D eigenvalue weighted by Gasteiger charge is -2.11. The Kier molecular flexibility index (Phi) is 4.08. The molecule has 6 heteroatoms. The van der Waals surface area contributed by atoms with E-state index in [0.717, 1.165) is 28.2 Å². The van der Waals surface area contributed by atoms with Crippen molar-refractivity contribution in [2.24, 2.45) is 0 Å². The molecule has 96 valence electrons. The van der Waals surface area contributed by atoms with Crippen LogP contribution in [0, 0.1) is 6.92 Å². The monoisotopic (exact) mass is 309 g/mol. The van der Waals surface area contributed by atoms with Gasteiger partial charge in [0.25, 0.3) is 0 Å². The molecule has 0 aliphatic heterocycles. The lowest BCUT2D eigenvalue weighted by Crippen LogP contribution is -2.23. The molecule has 0 amide bonds. The van der Waals surface area contributed by atoms with Crippen LogP contribution in [0.1, 0.15) is 25.2 Å². The quantitative estimate of drug-likeness (QED) is 0.941. The van der Waals surface area contributed by atoms with Crippen LogP contribution in [-0.4, -0.2) is 25.8 Å². The molecule has 5 nitrogen and oxygen atoms in total. The molecule has 0 aliphatic carbocycles. The van der Waals surface area contributed by atoms with Crippen molar-refractivity contribution in [2.45, 2.75) is 33.4 Å². The number of nitrogens with one attached hydrogen (secondary N) is 1. The molecule has 0 aliphatic rings. The number of halogens is 1. The van der Waals surface area contributed by atoms with E-state index >= 15 is 0 Å². The summed E-state index contributed by atoms with van der Waals surface area (Å²) in [7, 11) is 0. The van der Waals surface area contributed by atoms with Gasteiger partial charge in [-0.05, 0) is 22.9 Å². The second-order valence-electron chi connectivity index (χ2n) is 4.40. The summed E-state index contributed by atoms with van der Waals surface area (Å²) in [6.07, 6.45) is 5.49. The largest absolute Gasteiger partial charge is 0.310 e. The van der Waals surface area contributed by atoms with Crippen molar-refractivity contribution < 1.29 is 0 Å². The second-order valence-corrected chi connectivity index (χ2v) is 5.32. The molecule has 2 rings (SSSR count). The maximum atomic E-state index is 4.46. The van der Waals surface area contributed by atoms with Gasteiger partial charge < -0.3 is 5.32 Å². The summed E-state index contributed by atoms with van der Waals surface area (Å²) >= 11 is 3.39. The number of nitrogens with zero attached hydrogens (tertiary/aromatic N) is 4. The molecule has 0 aromatic carbocycles. The highest BCUT2D eigenvalue weighted by molar-refractivity contribution is 9.10. The van der Waals surface area contributed by atoms with Crippen LogP contribution in [0.5, 0.6) is 0 Å². The van der Waals surface area contributed by atoms with Crippen LogP contribution in [0.2, 0.25) is 0 Å². The second kappa shape index (κ2) is 5.58. The fraction of sp³-hybridized carbons (Fsp3) is 0.417. The van der Waals surface area contributed by atoms with Crippen LogP contribution < -0.4 is 5.32 Å². The van der Waals surface area contributed by atoms with E-state index < -0.39 is 0 Å². The van der Waals surface area contributed by atoms with Gasteiger partial charge >= 0.3 is 0 Å². The Hall–Kier alpha value is -1.27. The van der Waals surface area contributed by atoms with E-state index in [0.29, 0.717) is 6.04 Å². The first-order chi connectivity index (χ1) is 8.56. The Bertz CT molecular complexity index is 535. The highest BCUT2D eigenvalue weighted by atomic mass is 79.9. The first-order valence-electron chi connectivity index (χ1n) is 5.82. The van der Waals surface area contributed by atoms with E-state index in [9.17, 15) is 0 Å². The summed E-state index contributed by atoms with van der Waals surface area (Å²) in [5.41, 5.74) is 1.03. The summed E-state index contributed by atoms with van der Waals surface area (Å²) in [5, 5.41) is 7.63. The Morgan fingerprint density at radius 2 is 2.17 bits per heavy atom. The fourth-order valence-corrected chi connectivity index (χ4v) is 1.82. The molecule has 1 N–H and O–H groups in total. The van der Waals surface area contributed by atoms with Crippen LogP contribution in [0.4, 0.5) is 0 Å². The molecule has 0 fully saturated rings. The van der Waals surface area contributed by atoms with Gasteiger partial charge in [0.1, 0.15) is 5.82 Å². The van der Waals surface area contributed by atoms with Gasteiger partial charge in [0.2, 0.25) is 0 Å². The molecule has 2 heterocycles. The minimum absolute atomic E-state index is 0.420. The highest BCUT2D eigenvalue weighted by Gasteiger charge is 2.09. The van der Waals surface area contributed by atoms with Crippen LogP contribution in [0.3, 0.4) is 0 Å². The number of rotatable bonds is 4. The number of aryl methyl sites for hydroxylation is 1. The third kappa shape index (κ3) is 3.14. The smallest absolute Gasteiger partial charge is 0.161 e. The van der Waals surface area contributed by atoms with Crippen LogP contribution in [0.25, 0.3) is 5.82 Å². The predicted molar refractivity (Wildman–Crippen MR) is 73.6 cm³/mol.